The van der Waals surface area contributed by atoms with Crippen LogP contribution in [0.1, 0.15) is 20.7 Å². The Kier molecular flexibility index (Phi) is 8.08. The summed E-state index contributed by atoms with van der Waals surface area (Å²) in [5.74, 6) is -2.30. The molecule has 0 aliphatic carbocycles. The van der Waals surface area contributed by atoms with Gasteiger partial charge >= 0.3 is 19.5 Å². The fourth-order valence-corrected chi connectivity index (χ4v) is 4.12. The normalized spacial score (nSPS) is 10.0. The van der Waals surface area contributed by atoms with Gasteiger partial charge in [-0.25, -0.2) is 0 Å². The third-order valence-electron chi connectivity index (χ3n) is 4.15. The van der Waals surface area contributed by atoms with Gasteiger partial charge < -0.3 is 19.8 Å². The minimum Gasteiger partial charge on any atom is -0.545 e. The molecule has 140 valence electrons. The first-order chi connectivity index (χ1) is 13.4. The molecule has 0 spiro atoms. The number of carbonyl (C=O) groups excluding carboxylic acids is 2. The molecule has 0 aliphatic heterocycles. The van der Waals surface area contributed by atoms with E-state index in [-0.39, 0.29) is 30.6 Å². The number of benzene rings is 4. The molecule has 0 atom stereocenters. The van der Waals surface area contributed by atoms with Crippen LogP contribution >= 0.6 is 31.9 Å². The Hall–Kier alpha value is -2.08. The van der Waals surface area contributed by atoms with Crippen molar-refractivity contribution < 1.29 is 39.3 Å². The molecule has 0 saturated heterocycles. The Morgan fingerprint density at radius 2 is 0.897 bits per heavy atom. The molecule has 4 aromatic rings. The van der Waals surface area contributed by atoms with E-state index < -0.39 is 11.9 Å². The summed E-state index contributed by atoms with van der Waals surface area (Å²) in [7, 11) is 0. The number of carboxylic acids is 2. The van der Waals surface area contributed by atoms with Gasteiger partial charge in [0.1, 0.15) is 0 Å². The molecule has 0 N–H and O–H groups in total. The first kappa shape index (κ1) is 23.2. The summed E-state index contributed by atoms with van der Waals surface area (Å²) in [6, 6.07) is 21.3. The Balaban J connectivity index is 0.000000200. The van der Waals surface area contributed by atoms with E-state index in [9.17, 15) is 19.8 Å². The topological polar surface area (TPSA) is 80.3 Å². The van der Waals surface area contributed by atoms with Crippen molar-refractivity contribution in [3.63, 3.8) is 0 Å². The van der Waals surface area contributed by atoms with E-state index in [0.29, 0.717) is 10.8 Å². The third kappa shape index (κ3) is 5.10. The van der Waals surface area contributed by atoms with Crippen LogP contribution in [0.4, 0.5) is 0 Å². The predicted molar refractivity (Wildman–Crippen MR) is 112 cm³/mol. The number of hydrogen-bond donors (Lipinski definition) is 0. The number of carboxylic acid groups (broad SMARTS) is 2. The van der Waals surface area contributed by atoms with E-state index in [2.05, 4.69) is 31.9 Å². The molecule has 0 fully saturated rings. The van der Waals surface area contributed by atoms with Gasteiger partial charge in [0.15, 0.2) is 0 Å². The fraction of sp³-hybridized carbons (Fsp3) is 0. The average molecular weight is 566 g/mol. The molecule has 0 unspecified atom stereocenters. The van der Waals surface area contributed by atoms with E-state index in [1.807, 2.05) is 48.5 Å². The van der Waals surface area contributed by atoms with Gasteiger partial charge in [-0.15, -0.1) is 0 Å². The van der Waals surface area contributed by atoms with Crippen molar-refractivity contribution in [3.05, 3.63) is 92.9 Å². The monoisotopic (exact) mass is 562 g/mol. The van der Waals surface area contributed by atoms with Gasteiger partial charge in [0, 0.05) is 30.8 Å². The Morgan fingerprint density at radius 1 is 0.586 bits per heavy atom. The summed E-state index contributed by atoms with van der Waals surface area (Å²) in [5.41, 5.74) is 0.435. The van der Waals surface area contributed by atoms with Crippen LogP contribution in [-0.2, 0) is 19.5 Å². The Labute approximate surface area is 196 Å². The van der Waals surface area contributed by atoms with Crippen molar-refractivity contribution in [1.29, 1.82) is 0 Å². The molecule has 0 saturated carbocycles. The largest absolute Gasteiger partial charge is 2.00 e. The smallest absolute Gasteiger partial charge is 0.545 e. The number of carbonyl (C=O) groups is 2. The quantitative estimate of drug-likeness (QED) is 0.345. The summed E-state index contributed by atoms with van der Waals surface area (Å²) < 4.78 is 1.55. The van der Waals surface area contributed by atoms with Crippen LogP contribution in [0, 0.1) is 0 Å². The van der Waals surface area contributed by atoms with Crippen LogP contribution in [0.3, 0.4) is 0 Å². The molecule has 7 heteroatoms. The minimum absolute atomic E-state index is 0. The van der Waals surface area contributed by atoms with Gasteiger partial charge in [-0.05, 0) is 22.9 Å². The molecule has 0 aromatic heterocycles. The van der Waals surface area contributed by atoms with E-state index in [4.69, 9.17) is 0 Å². The summed E-state index contributed by atoms with van der Waals surface area (Å²) in [4.78, 5) is 21.7. The van der Waals surface area contributed by atoms with E-state index in [0.717, 1.165) is 19.7 Å². The second-order valence-electron chi connectivity index (χ2n) is 5.86. The number of halogens is 2. The molecule has 4 nitrogen and oxygen atoms in total. The van der Waals surface area contributed by atoms with Gasteiger partial charge in [-0.3, -0.25) is 0 Å². The number of rotatable bonds is 2. The van der Waals surface area contributed by atoms with Crippen molar-refractivity contribution in [2.75, 3.05) is 0 Å². The molecule has 4 rings (SSSR count). The van der Waals surface area contributed by atoms with Gasteiger partial charge in [0.25, 0.3) is 0 Å². The van der Waals surface area contributed by atoms with Crippen LogP contribution in [0.25, 0.3) is 21.5 Å². The zero-order chi connectivity index (χ0) is 20.3. The van der Waals surface area contributed by atoms with E-state index in [1.54, 1.807) is 24.3 Å². The summed E-state index contributed by atoms with van der Waals surface area (Å²) in [6.45, 7) is 0. The van der Waals surface area contributed by atoms with Crippen molar-refractivity contribution in [3.8, 4) is 0 Å². The zero-order valence-electron chi connectivity index (χ0n) is 15.0. The maximum absolute atomic E-state index is 10.8. The molecule has 29 heavy (non-hydrogen) atoms. The summed E-state index contributed by atoms with van der Waals surface area (Å²) in [5, 5.41) is 24.8. The van der Waals surface area contributed by atoms with Crippen LogP contribution in [0.2, 0.25) is 0 Å². The third-order valence-corrected chi connectivity index (χ3v) is 5.47. The van der Waals surface area contributed by atoms with Crippen molar-refractivity contribution in [2.45, 2.75) is 0 Å². The molecule has 0 bridgehead atoms. The second-order valence-corrected chi connectivity index (χ2v) is 7.57. The second kappa shape index (κ2) is 10.1. The summed E-state index contributed by atoms with van der Waals surface area (Å²) in [6.07, 6.45) is 0. The van der Waals surface area contributed by atoms with Crippen molar-refractivity contribution in [1.82, 2.24) is 0 Å². The average Bonchev–Trinajstić information content (AvgIpc) is 2.68. The first-order valence-corrected chi connectivity index (χ1v) is 9.76. The van der Waals surface area contributed by atoms with Crippen LogP contribution in [0.5, 0.6) is 0 Å². The van der Waals surface area contributed by atoms with Gasteiger partial charge in [0.05, 0.1) is 11.9 Å². The number of hydrogen-bond acceptors (Lipinski definition) is 4. The van der Waals surface area contributed by atoms with Crippen LogP contribution < -0.4 is 10.2 Å². The number of fused-ring (bicyclic) bond motifs is 2. The SMILES string of the molecule is O=C([O-])c1cccc2cccc(Br)c12.O=C([O-])c1cccc2cccc(Br)c12.[Zn+2]. The van der Waals surface area contributed by atoms with E-state index >= 15 is 0 Å². The Morgan fingerprint density at radius 3 is 1.21 bits per heavy atom. The predicted octanol–water partition coefficient (Wildman–Crippen LogP) is 3.93. The summed E-state index contributed by atoms with van der Waals surface area (Å²) >= 11 is 6.65. The van der Waals surface area contributed by atoms with Gasteiger partial charge in [0.2, 0.25) is 0 Å². The molecular weight excluding hydrogens is 553 g/mol. The number of aromatic carboxylic acids is 2. The van der Waals surface area contributed by atoms with Gasteiger partial charge in [-0.1, -0.05) is 92.5 Å². The maximum Gasteiger partial charge on any atom is 2.00 e. The molecule has 4 aromatic carbocycles. The molecular formula is C22H12Br2O4Zn. The first-order valence-electron chi connectivity index (χ1n) is 8.17. The van der Waals surface area contributed by atoms with Gasteiger partial charge in [-0.2, -0.15) is 0 Å². The van der Waals surface area contributed by atoms with Crippen molar-refractivity contribution >= 4 is 65.3 Å². The molecule has 0 aliphatic rings. The minimum atomic E-state index is -1.15. The molecule has 0 radical (unpaired) electrons. The Bertz CT molecular complexity index is 1100. The standard InChI is InChI=1S/2C11H7BrO2.Zn/c2*12-9-6-2-4-7-3-1-5-8(10(7)9)11(13)14;/h2*1-6H,(H,13,14);/q;;+2/p-2. The van der Waals surface area contributed by atoms with E-state index in [1.165, 1.54) is 0 Å². The molecule has 0 amide bonds. The fourth-order valence-electron chi connectivity index (χ4n) is 2.93. The molecule has 0 heterocycles. The van der Waals surface area contributed by atoms with Crippen LogP contribution in [-0.4, -0.2) is 11.9 Å². The van der Waals surface area contributed by atoms with Crippen molar-refractivity contribution in [2.24, 2.45) is 0 Å². The van der Waals surface area contributed by atoms with Crippen LogP contribution in [0.15, 0.2) is 81.7 Å². The zero-order valence-corrected chi connectivity index (χ0v) is 21.2. The maximum atomic E-state index is 10.8.